The van der Waals surface area contributed by atoms with Gasteiger partial charge in [0.05, 0.1) is 22.4 Å². The summed E-state index contributed by atoms with van der Waals surface area (Å²) in [5, 5.41) is 4.46. The fourth-order valence-corrected chi connectivity index (χ4v) is 6.59. The summed E-state index contributed by atoms with van der Waals surface area (Å²) in [5.41, 5.74) is 4.03. The molecule has 206 valence electrons. The van der Waals surface area contributed by atoms with Gasteiger partial charge in [0.2, 0.25) is 11.8 Å². The molecule has 0 unspecified atom stereocenters. The van der Waals surface area contributed by atoms with Crippen molar-refractivity contribution >= 4 is 29.4 Å². The molecular weight excluding hydrogens is 518 g/mol. The number of carbonyl (C=O) groups excluding carboxylic acids is 2. The van der Waals surface area contributed by atoms with Crippen molar-refractivity contribution in [3.63, 3.8) is 0 Å². The summed E-state index contributed by atoms with van der Waals surface area (Å²) < 4.78 is 31.0. The number of hydrogen-bond acceptors (Lipinski definition) is 4. The van der Waals surface area contributed by atoms with E-state index >= 15 is 4.39 Å². The highest BCUT2D eigenvalue weighted by Crippen LogP contribution is 2.49. The number of amides is 2. The molecule has 0 aliphatic carbocycles. The highest BCUT2D eigenvalue weighted by molar-refractivity contribution is 8.00. The number of likely N-dealkylation sites (tertiary alicyclic amines) is 1. The van der Waals surface area contributed by atoms with Gasteiger partial charge in [-0.25, -0.2) is 13.5 Å². The van der Waals surface area contributed by atoms with Gasteiger partial charge in [0.15, 0.2) is 0 Å². The van der Waals surface area contributed by atoms with Gasteiger partial charge >= 0.3 is 0 Å². The Kier molecular flexibility index (Phi) is 7.31. The Labute approximate surface area is 232 Å². The summed E-state index contributed by atoms with van der Waals surface area (Å²) in [6, 6.07) is 9.46. The van der Waals surface area contributed by atoms with Crippen LogP contribution in [0.25, 0.3) is 5.69 Å². The molecule has 1 aromatic heterocycles. The lowest BCUT2D eigenvalue weighted by atomic mass is 9.87. The first-order valence-corrected chi connectivity index (χ1v) is 14.4. The van der Waals surface area contributed by atoms with Crippen molar-refractivity contribution in [2.45, 2.75) is 58.1 Å². The van der Waals surface area contributed by atoms with Crippen LogP contribution in [0.2, 0.25) is 0 Å². The minimum atomic E-state index is -0.674. The lowest BCUT2D eigenvalue weighted by Crippen LogP contribution is -2.43. The van der Waals surface area contributed by atoms with E-state index in [1.807, 2.05) is 52.8 Å². The number of thioether (sulfide) groups is 1. The number of halogens is 2. The Balaban J connectivity index is 1.80. The van der Waals surface area contributed by atoms with Crippen molar-refractivity contribution in [1.29, 1.82) is 0 Å². The number of nitrogens with zero attached hydrogens (tertiary/aromatic N) is 4. The second-order valence-electron chi connectivity index (χ2n) is 11.4. The third kappa shape index (κ3) is 5.09. The molecule has 3 heterocycles. The summed E-state index contributed by atoms with van der Waals surface area (Å²) >= 11 is 1.29. The van der Waals surface area contributed by atoms with Gasteiger partial charge in [0, 0.05) is 35.7 Å². The van der Waals surface area contributed by atoms with Crippen LogP contribution in [0.1, 0.15) is 66.8 Å². The number of aromatic nitrogens is 2. The molecule has 0 spiro atoms. The van der Waals surface area contributed by atoms with Gasteiger partial charge < -0.3 is 4.90 Å². The molecule has 1 fully saturated rings. The molecular formula is C30H34F2N4O2S. The van der Waals surface area contributed by atoms with Crippen molar-refractivity contribution in [3.8, 4) is 5.69 Å². The molecule has 9 heteroatoms. The number of anilines is 1. The number of fused-ring (bicyclic) bond motifs is 1. The van der Waals surface area contributed by atoms with Crippen LogP contribution in [0.4, 0.5) is 14.6 Å². The van der Waals surface area contributed by atoms with Gasteiger partial charge in [-0.1, -0.05) is 39.0 Å². The fraction of sp³-hybridized carbons (Fsp3) is 0.433. The Morgan fingerprint density at radius 1 is 1.10 bits per heavy atom. The Bertz CT molecular complexity index is 1440. The van der Waals surface area contributed by atoms with Crippen LogP contribution >= 0.6 is 11.8 Å². The second-order valence-corrected chi connectivity index (χ2v) is 12.5. The fourth-order valence-electron chi connectivity index (χ4n) is 5.37. The molecule has 2 aromatic carbocycles. The summed E-state index contributed by atoms with van der Waals surface area (Å²) in [6.07, 6.45) is 1.89. The minimum Gasteiger partial charge on any atom is -0.341 e. The van der Waals surface area contributed by atoms with Gasteiger partial charge in [-0.05, 0) is 49.9 Å². The zero-order valence-corrected chi connectivity index (χ0v) is 23.9. The first kappa shape index (κ1) is 27.4. The van der Waals surface area contributed by atoms with Crippen LogP contribution in [0.3, 0.4) is 0 Å². The van der Waals surface area contributed by atoms with Gasteiger partial charge in [0.1, 0.15) is 24.0 Å². The van der Waals surface area contributed by atoms with E-state index in [-0.39, 0.29) is 29.7 Å². The molecule has 1 atom stereocenters. The second kappa shape index (κ2) is 10.4. The number of rotatable bonds is 4. The molecule has 1 saturated heterocycles. The quantitative estimate of drug-likeness (QED) is 0.407. The number of carbonyl (C=O) groups is 2. The lowest BCUT2D eigenvalue weighted by Gasteiger charge is -2.26. The number of aryl methyl sites for hydroxylation is 1. The van der Waals surface area contributed by atoms with Gasteiger partial charge in [0.25, 0.3) is 0 Å². The van der Waals surface area contributed by atoms with Crippen LogP contribution in [0.15, 0.2) is 36.4 Å². The van der Waals surface area contributed by atoms with Crippen molar-refractivity contribution in [1.82, 2.24) is 14.7 Å². The van der Waals surface area contributed by atoms with E-state index in [2.05, 4.69) is 0 Å². The van der Waals surface area contributed by atoms with Crippen LogP contribution in [0.5, 0.6) is 0 Å². The van der Waals surface area contributed by atoms with Crippen molar-refractivity contribution in [2.24, 2.45) is 0 Å². The third-order valence-corrected chi connectivity index (χ3v) is 8.84. The minimum absolute atomic E-state index is 0.0415. The monoisotopic (exact) mass is 552 g/mol. The smallest absolute Gasteiger partial charge is 0.242 e. The Hall–Kier alpha value is -3.20. The summed E-state index contributed by atoms with van der Waals surface area (Å²) in [7, 11) is 0. The standard InChI is InChI=1S/C30H34F2N4O2S/c1-18-9-8-10-23(19(18)2)36-29-26(28(33-36)30(3,4)5)27(21-12-11-20(31)15-22(21)32)39-17-25(38)35(29)16-24(37)34-13-6-7-14-34/h8-12,15,27H,6-7,13-14,16-17H2,1-5H3/t27-/m0/s1. The predicted molar refractivity (Wildman–Crippen MR) is 151 cm³/mol. The topological polar surface area (TPSA) is 58.4 Å². The van der Waals surface area contributed by atoms with E-state index in [0.29, 0.717) is 30.2 Å². The molecule has 6 nitrogen and oxygen atoms in total. The summed E-state index contributed by atoms with van der Waals surface area (Å²) in [5.74, 6) is -1.18. The molecule has 2 aliphatic rings. The van der Waals surface area contributed by atoms with E-state index in [4.69, 9.17) is 5.10 Å². The molecule has 39 heavy (non-hydrogen) atoms. The van der Waals surface area contributed by atoms with Crippen LogP contribution in [-0.4, -0.2) is 51.9 Å². The molecule has 5 rings (SSSR count). The van der Waals surface area contributed by atoms with E-state index < -0.39 is 22.3 Å². The normalized spacial score (nSPS) is 17.9. The number of hydrogen-bond donors (Lipinski definition) is 0. The SMILES string of the molecule is Cc1cccc(-n2nc(C(C)(C)C)c3c2N(CC(=O)N2CCCC2)C(=O)CS[C@H]3c2ccc(F)cc2F)c1C. The van der Waals surface area contributed by atoms with Gasteiger partial charge in [-0.2, -0.15) is 5.10 Å². The van der Waals surface area contributed by atoms with Crippen LogP contribution in [-0.2, 0) is 15.0 Å². The van der Waals surface area contributed by atoms with E-state index in [0.717, 1.165) is 35.7 Å². The van der Waals surface area contributed by atoms with Gasteiger partial charge in [-0.3, -0.25) is 14.5 Å². The molecule has 0 radical (unpaired) electrons. The first-order chi connectivity index (χ1) is 18.5. The zero-order chi connectivity index (χ0) is 28.1. The highest BCUT2D eigenvalue weighted by atomic mass is 32.2. The van der Waals surface area contributed by atoms with Crippen molar-refractivity contribution in [2.75, 3.05) is 30.3 Å². The first-order valence-electron chi connectivity index (χ1n) is 13.3. The van der Waals surface area contributed by atoms with E-state index in [1.54, 1.807) is 9.58 Å². The van der Waals surface area contributed by atoms with Crippen LogP contribution in [0, 0.1) is 25.5 Å². The van der Waals surface area contributed by atoms with Gasteiger partial charge in [-0.15, -0.1) is 11.8 Å². The molecule has 0 saturated carbocycles. The van der Waals surface area contributed by atoms with Crippen molar-refractivity contribution in [3.05, 3.63) is 76.0 Å². The predicted octanol–water partition coefficient (Wildman–Crippen LogP) is 5.86. The molecule has 3 aromatic rings. The Morgan fingerprint density at radius 3 is 2.49 bits per heavy atom. The average molecular weight is 553 g/mol. The maximum Gasteiger partial charge on any atom is 0.242 e. The van der Waals surface area contributed by atoms with E-state index in [9.17, 15) is 14.0 Å². The Morgan fingerprint density at radius 2 is 1.82 bits per heavy atom. The molecule has 2 aliphatic heterocycles. The number of benzene rings is 2. The molecule has 0 N–H and O–H groups in total. The van der Waals surface area contributed by atoms with E-state index in [1.165, 1.54) is 28.8 Å². The zero-order valence-electron chi connectivity index (χ0n) is 23.1. The van der Waals surface area contributed by atoms with Crippen LogP contribution < -0.4 is 4.90 Å². The largest absolute Gasteiger partial charge is 0.341 e. The van der Waals surface area contributed by atoms with Crippen molar-refractivity contribution < 1.29 is 18.4 Å². The molecule has 2 amide bonds. The third-order valence-electron chi connectivity index (χ3n) is 7.60. The highest BCUT2D eigenvalue weighted by Gasteiger charge is 2.41. The lowest BCUT2D eigenvalue weighted by molar-refractivity contribution is -0.130. The average Bonchev–Trinajstić information content (AvgIpc) is 3.52. The molecule has 0 bridgehead atoms. The summed E-state index contributed by atoms with van der Waals surface area (Å²) in [6.45, 7) is 11.3. The summed E-state index contributed by atoms with van der Waals surface area (Å²) in [4.78, 5) is 30.5. The maximum absolute atomic E-state index is 15.3. The maximum atomic E-state index is 15.3.